The standard InChI is InChI=1S/C17H15FN4O2/c1-20-17(24)13(9-19)16(23)15-12-3-2-4-14(12)22(21-15)11-7-5-10(18)6-8-11/h5-8,13H,2-4H2,1H3,(H,20,24)/t13-/m1/s1. The first-order valence-electron chi connectivity index (χ1n) is 7.59. The Labute approximate surface area is 137 Å². The molecule has 0 saturated carbocycles. The normalized spacial score (nSPS) is 13.9. The molecule has 0 spiro atoms. The van der Waals surface area contributed by atoms with Gasteiger partial charge in [0.05, 0.1) is 11.8 Å². The summed E-state index contributed by atoms with van der Waals surface area (Å²) < 4.78 is 14.7. The SMILES string of the molecule is CNC(=O)[C@H](C#N)C(=O)c1nn(-c2ccc(F)cc2)c2c1CCC2. The molecule has 24 heavy (non-hydrogen) atoms. The number of ketones is 1. The Morgan fingerprint density at radius 1 is 1.33 bits per heavy atom. The van der Waals surface area contributed by atoms with E-state index in [-0.39, 0.29) is 11.5 Å². The fourth-order valence-corrected chi connectivity index (χ4v) is 2.95. The molecule has 6 nitrogen and oxygen atoms in total. The van der Waals surface area contributed by atoms with Crippen molar-refractivity contribution < 1.29 is 14.0 Å². The van der Waals surface area contributed by atoms with E-state index >= 15 is 0 Å². The fraction of sp³-hybridized carbons (Fsp3) is 0.294. The summed E-state index contributed by atoms with van der Waals surface area (Å²) in [6, 6.07) is 7.54. The van der Waals surface area contributed by atoms with Crippen LogP contribution in [-0.2, 0) is 17.6 Å². The van der Waals surface area contributed by atoms with Crippen LogP contribution in [0.5, 0.6) is 0 Å². The molecule has 0 radical (unpaired) electrons. The molecule has 122 valence electrons. The van der Waals surface area contributed by atoms with E-state index in [1.807, 2.05) is 0 Å². The predicted molar refractivity (Wildman–Crippen MR) is 83.0 cm³/mol. The number of fused-ring (bicyclic) bond motifs is 1. The van der Waals surface area contributed by atoms with Gasteiger partial charge in [-0.15, -0.1) is 0 Å². The number of Topliss-reactive ketones (excluding diaryl/α,β-unsaturated/α-hetero) is 1. The Kier molecular flexibility index (Phi) is 4.13. The van der Waals surface area contributed by atoms with Gasteiger partial charge in [0.1, 0.15) is 11.5 Å². The molecule has 1 N–H and O–H groups in total. The van der Waals surface area contributed by atoms with Crippen molar-refractivity contribution in [1.82, 2.24) is 15.1 Å². The van der Waals surface area contributed by atoms with Crippen LogP contribution in [0.2, 0.25) is 0 Å². The smallest absolute Gasteiger partial charge is 0.245 e. The lowest BCUT2D eigenvalue weighted by Crippen LogP contribution is -2.32. The summed E-state index contributed by atoms with van der Waals surface area (Å²) >= 11 is 0. The Morgan fingerprint density at radius 3 is 2.67 bits per heavy atom. The Balaban J connectivity index is 2.06. The third-order valence-electron chi connectivity index (χ3n) is 4.13. The van der Waals surface area contributed by atoms with Gasteiger partial charge in [-0.25, -0.2) is 9.07 Å². The van der Waals surface area contributed by atoms with Crippen molar-refractivity contribution in [3.05, 3.63) is 47.0 Å². The van der Waals surface area contributed by atoms with Gasteiger partial charge in [0.25, 0.3) is 0 Å². The first-order chi connectivity index (χ1) is 11.6. The fourth-order valence-electron chi connectivity index (χ4n) is 2.95. The molecule has 0 unspecified atom stereocenters. The number of hydrogen-bond donors (Lipinski definition) is 1. The minimum absolute atomic E-state index is 0.155. The lowest BCUT2D eigenvalue weighted by atomic mass is 9.99. The Bertz CT molecular complexity index is 849. The summed E-state index contributed by atoms with van der Waals surface area (Å²) in [5, 5.41) is 15.8. The zero-order valence-corrected chi connectivity index (χ0v) is 13.0. The van der Waals surface area contributed by atoms with Crippen molar-refractivity contribution in [1.29, 1.82) is 5.26 Å². The number of benzene rings is 1. The second kappa shape index (κ2) is 6.24. The van der Waals surface area contributed by atoms with Crippen LogP contribution in [0.3, 0.4) is 0 Å². The number of carbonyl (C=O) groups is 2. The van der Waals surface area contributed by atoms with E-state index in [1.165, 1.54) is 19.2 Å². The van der Waals surface area contributed by atoms with E-state index in [2.05, 4.69) is 10.4 Å². The van der Waals surface area contributed by atoms with Gasteiger partial charge in [-0.1, -0.05) is 0 Å². The molecular weight excluding hydrogens is 311 g/mol. The zero-order valence-electron chi connectivity index (χ0n) is 13.0. The van der Waals surface area contributed by atoms with Crippen molar-refractivity contribution in [3.63, 3.8) is 0 Å². The molecule has 0 fully saturated rings. The summed E-state index contributed by atoms with van der Waals surface area (Å²) in [6.07, 6.45) is 2.28. The number of nitrogens with one attached hydrogen (secondary N) is 1. The number of rotatable bonds is 4. The molecule has 2 aromatic rings. The van der Waals surface area contributed by atoms with Gasteiger partial charge >= 0.3 is 0 Å². The molecule has 3 rings (SSSR count). The van der Waals surface area contributed by atoms with Gasteiger partial charge in [-0.2, -0.15) is 10.4 Å². The number of carbonyl (C=O) groups excluding carboxylic acids is 2. The second-order valence-electron chi connectivity index (χ2n) is 5.56. The molecule has 1 aliphatic carbocycles. The molecule has 1 aromatic heterocycles. The van der Waals surface area contributed by atoms with Crippen molar-refractivity contribution in [2.75, 3.05) is 7.05 Å². The maximum Gasteiger partial charge on any atom is 0.245 e. The van der Waals surface area contributed by atoms with Gasteiger partial charge in [-0.3, -0.25) is 9.59 Å². The Hall–Kier alpha value is -3.01. The summed E-state index contributed by atoms with van der Waals surface area (Å²) in [7, 11) is 1.38. The van der Waals surface area contributed by atoms with Crippen molar-refractivity contribution in [3.8, 4) is 11.8 Å². The average Bonchev–Trinajstić information content (AvgIpc) is 3.18. The van der Waals surface area contributed by atoms with E-state index < -0.39 is 17.6 Å². The van der Waals surface area contributed by atoms with E-state index in [9.17, 15) is 14.0 Å². The molecule has 1 aromatic carbocycles. The van der Waals surface area contributed by atoms with Crippen molar-refractivity contribution in [2.45, 2.75) is 19.3 Å². The van der Waals surface area contributed by atoms with Gasteiger partial charge in [0.15, 0.2) is 5.92 Å². The van der Waals surface area contributed by atoms with Crippen LogP contribution in [-0.4, -0.2) is 28.5 Å². The third kappa shape index (κ3) is 2.56. The summed E-state index contributed by atoms with van der Waals surface area (Å²) in [4.78, 5) is 24.4. The van der Waals surface area contributed by atoms with Crippen LogP contribution in [0.15, 0.2) is 24.3 Å². The molecule has 7 heteroatoms. The third-order valence-corrected chi connectivity index (χ3v) is 4.13. The average molecular weight is 326 g/mol. The van der Waals surface area contributed by atoms with Crippen LogP contribution in [0, 0.1) is 23.1 Å². The highest BCUT2D eigenvalue weighted by Gasteiger charge is 2.34. The van der Waals surface area contributed by atoms with E-state index in [0.29, 0.717) is 12.1 Å². The first kappa shape index (κ1) is 15.9. The van der Waals surface area contributed by atoms with Crippen LogP contribution in [0.25, 0.3) is 5.69 Å². The minimum Gasteiger partial charge on any atom is -0.358 e. The summed E-state index contributed by atoms with van der Waals surface area (Å²) in [5.74, 6) is -3.03. The predicted octanol–water partition coefficient (Wildman–Crippen LogP) is 1.57. The van der Waals surface area contributed by atoms with Crippen LogP contribution < -0.4 is 5.32 Å². The number of halogens is 1. The highest BCUT2D eigenvalue weighted by Crippen LogP contribution is 2.29. The number of nitriles is 1. The van der Waals surface area contributed by atoms with Gasteiger partial charge < -0.3 is 5.32 Å². The number of amides is 1. The van der Waals surface area contributed by atoms with Crippen LogP contribution in [0.1, 0.15) is 28.2 Å². The molecule has 0 bridgehead atoms. The lowest BCUT2D eigenvalue weighted by molar-refractivity contribution is -0.121. The highest BCUT2D eigenvalue weighted by molar-refractivity contribution is 6.12. The maximum atomic E-state index is 13.1. The van der Waals surface area contributed by atoms with Gasteiger partial charge in [0.2, 0.25) is 11.7 Å². The van der Waals surface area contributed by atoms with E-state index in [1.54, 1.807) is 22.9 Å². The maximum absolute atomic E-state index is 13.1. The van der Waals surface area contributed by atoms with E-state index in [4.69, 9.17) is 5.26 Å². The van der Waals surface area contributed by atoms with Gasteiger partial charge in [-0.05, 0) is 43.5 Å². The largest absolute Gasteiger partial charge is 0.358 e. The molecule has 1 atom stereocenters. The number of nitrogens with zero attached hydrogens (tertiary/aromatic N) is 3. The number of aromatic nitrogens is 2. The summed E-state index contributed by atoms with van der Waals surface area (Å²) in [6.45, 7) is 0. The van der Waals surface area contributed by atoms with Crippen LogP contribution >= 0.6 is 0 Å². The topological polar surface area (TPSA) is 87.8 Å². The summed E-state index contributed by atoms with van der Waals surface area (Å²) in [5.41, 5.74) is 2.44. The molecule has 1 amide bonds. The first-order valence-corrected chi connectivity index (χ1v) is 7.59. The molecule has 1 heterocycles. The highest BCUT2D eigenvalue weighted by atomic mass is 19.1. The van der Waals surface area contributed by atoms with Crippen LogP contribution in [0.4, 0.5) is 4.39 Å². The minimum atomic E-state index is -1.42. The van der Waals surface area contributed by atoms with Gasteiger partial charge in [0, 0.05) is 18.3 Å². The molecule has 1 aliphatic rings. The van der Waals surface area contributed by atoms with Crippen molar-refractivity contribution >= 4 is 11.7 Å². The monoisotopic (exact) mass is 326 g/mol. The zero-order chi connectivity index (χ0) is 17.3. The van der Waals surface area contributed by atoms with Crippen molar-refractivity contribution in [2.24, 2.45) is 5.92 Å². The Morgan fingerprint density at radius 2 is 2.04 bits per heavy atom. The quantitative estimate of drug-likeness (QED) is 0.682. The number of hydrogen-bond acceptors (Lipinski definition) is 4. The molecular formula is C17H15FN4O2. The molecule has 0 saturated heterocycles. The second-order valence-corrected chi connectivity index (χ2v) is 5.56. The lowest BCUT2D eigenvalue weighted by Gasteiger charge is -2.06. The molecule has 0 aliphatic heterocycles. The van der Waals surface area contributed by atoms with E-state index in [0.717, 1.165) is 24.1 Å².